The minimum Gasteiger partial charge on any atom is -0.393 e. The molecule has 2 heterocycles. The van der Waals surface area contributed by atoms with E-state index < -0.39 is 10.0 Å². The Bertz CT molecular complexity index is 419. The lowest BCUT2D eigenvalue weighted by molar-refractivity contribution is 0.113. The highest BCUT2D eigenvalue weighted by Gasteiger charge is 2.27. The second-order valence-electron chi connectivity index (χ2n) is 3.97. The average Bonchev–Trinajstić information content (AvgIpc) is 2.70. The van der Waals surface area contributed by atoms with Crippen LogP contribution in [0, 0.1) is 0 Å². The predicted molar refractivity (Wildman–Crippen MR) is 63.8 cm³/mol. The lowest BCUT2D eigenvalue weighted by Gasteiger charge is -2.28. The van der Waals surface area contributed by atoms with Crippen LogP contribution in [0.4, 0.5) is 0 Å². The maximum absolute atomic E-state index is 12.0. The Morgan fingerprint density at radius 3 is 2.69 bits per heavy atom. The highest BCUT2D eigenvalue weighted by atomic mass is 32.2. The SMILES string of the molecule is O=S(=O)(Cc1cccs1)N1CCC(O)CC1. The summed E-state index contributed by atoms with van der Waals surface area (Å²) in [5.41, 5.74) is 0. The van der Waals surface area contributed by atoms with Crippen molar-refractivity contribution >= 4 is 21.4 Å². The van der Waals surface area contributed by atoms with Crippen LogP contribution >= 0.6 is 11.3 Å². The Labute approximate surface area is 99.6 Å². The number of hydrogen-bond donors (Lipinski definition) is 1. The molecule has 0 unspecified atom stereocenters. The van der Waals surface area contributed by atoms with Gasteiger partial charge in [0.15, 0.2) is 0 Å². The van der Waals surface area contributed by atoms with Crippen molar-refractivity contribution in [1.82, 2.24) is 4.31 Å². The van der Waals surface area contributed by atoms with Gasteiger partial charge in [-0.2, -0.15) is 0 Å². The third kappa shape index (κ3) is 2.82. The molecule has 0 amide bonds. The van der Waals surface area contributed by atoms with Crippen molar-refractivity contribution in [2.75, 3.05) is 13.1 Å². The van der Waals surface area contributed by atoms with Crippen molar-refractivity contribution in [2.45, 2.75) is 24.7 Å². The number of aliphatic hydroxyl groups excluding tert-OH is 1. The molecular formula is C10H15NO3S2. The fourth-order valence-corrected chi connectivity index (χ4v) is 4.40. The molecule has 0 atom stereocenters. The zero-order chi connectivity index (χ0) is 11.6. The summed E-state index contributed by atoms with van der Waals surface area (Å²) in [5.74, 6) is 0.0841. The van der Waals surface area contributed by atoms with E-state index in [0.29, 0.717) is 25.9 Å². The van der Waals surface area contributed by atoms with E-state index in [0.717, 1.165) is 4.88 Å². The number of sulfonamides is 1. The van der Waals surface area contributed by atoms with Crippen molar-refractivity contribution in [2.24, 2.45) is 0 Å². The second-order valence-corrected chi connectivity index (χ2v) is 6.97. The van der Waals surface area contributed by atoms with Crippen LogP contribution in [-0.2, 0) is 15.8 Å². The van der Waals surface area contributed by atoms with Gasteiger partial charge < -0.3 is 5.11 Å². The Balaban J connectivity index is 2.02. The van der Waals surface area contributed by atoms with E-state index in [1.165, 1.54) is 15.6 Å². The van der Waals surface area contributed by atoms with Crippen molar-refractivity contribution in [3.63, 3.8) is 0 Å². The first-order valence-electron chi connectivity index (χ1n) is 5.26. The summed E-state index contributed by atoms with van der Waals surface area (Å²) in [7, 11) is -3.20. The van der Waals surface area contributed by atoms with Gasteiger partial charge >= 0.3 is 0 Å². The molecule has 1 fully saturated rings. The number of thiophene rings is 1. The zero-order valence-corrected chi connectivity index (χ0v) is 10.5. The Morgan fingerprint density at radius 2 is 2.12 bits per heavy atom. The first kappa shape index (κ1) is 12.0. The molecule has 16 heavy (non-hydrogen) atoms. The standard InChI is InChI=1S/C10H15NO3S2/c12-9-3-5-11(6-4-9)16(13,14)8-10-2-1-7-15-10/h1-2,7,9,12H,3-6,8H2. The molecule has 0 aromatic carbocycles. The van der Waals surface area contributed by atoms with Crippen LogP contribution in [0.5, 0.6) is 0 Å². The molecule has 4 nitrogen and oxygen atoms in total. The first-order valence-corrected chi connectivity index (χ1v) is 7.75. The number of hydrogen-bond acceptors (Lipinski definition) is 4. The fourth-order valence-electron chi connectivity index (χ4n) is 1.79. The minimum absolute atomic E-state index is 0.0841. The monoisotopic (exact) mass is 261 g/mol. The molecule has 0 aliphatic carbocycles. The molecular weight excluding hydrogens is 246 g/mol. The molecule has 90 valence electrons. The van der Waals surface area contributed by atoms with E-state index in [-0.39, 0.29) is 11.9 Å². The number of rotatable bonds is 3. The van der Waals surface area contributed by atoms with Crippen molar-refractivity contribution in [3.8, 4) is 0 Å². The van der Waals surface area contributed by atoms with Crippen LogP contribution in [-0.4, -0.2) is 37.0 Å². The molecule has 0 bridgehead atoms. The highest BCUT2D eigenvalue weighted by molar-refractivity contribution is 7.88. The van der Waals surface area contributed by atoms with E-state index in [2.05, 4.69) is 0 Å². The minimum atomic E-state index is -3.20. The summed E-state index contributed by atoms with van der Waals surface area (Å²) in [4.78, 5) is 0.867. The Kier molecular flexibility index (Phi) is 3.63. The number of aliphatic hydroxyl groups is 1. The van der Waals surface area contributed by atoms with Crippen molar-refractivity contribution < 1.29 is 13.5 Å². The Morgan fingerprint density at radius 1 is 1.44 bits per heavy atom. The van der Waals surface area contributed by atoms with Gasteiger partial charge in [-0.3, -0.25) is 0 Å². The molecule has 1 saturated heterocycles. The van der Waals surface area contributed by atoms with Gasteiger partial charge in [0.2, 0.25) is 10.0 Å². The summed E-state index contributed by atoms with van der Waals surface area (Å²) in [6, 6.07) is 3.69. The molecule has 0 spiro atoms. The lowest BCUT2D eigenvalue weighted by Crippen LogP contribution is -2.40. The van der Waals surface area contributed by atoms with Gasteiger partial charge in [-0.1, -0.05) is 6.07 Å². The largest absolute Gasteiger partial charge is 0.393 e. The summed E-state index contributed by atoms with van der Waals surface area (Å²) >= 11 is 1.46. The van der Waals surface area contributed by atoms with E-state index in [1.54, 1.807) is 0 Å². The lowest BCUT2D eigenvalue weighted by atomic mass is 10.1. The van der Waals surface area contributed by atoms with Crippen LogP contribution in [0.3, 0.4) is 0 Å². The molecule has 0 saturated carbocycles. The normalized spacial score (nSPS) is 20.1. The summed E-state index contributed by atoms with van der Waals surface area (Å²) in [5, 5.41) is 11.2. The summed E-state index contributed by atoms with van der Waals surface area (Å²) in [6.07, 6.45) is 0.751. The van der Waals surface area contributed by atoms with Crippen LogP contribution < -0.4 is 0 Å². The molecule has 2 rings (SSSR count). The molecule has 1 aromatic heterocycles. The van der Waals surface area contributed by atoms with Crippen molar-refractivity contribution in [1.29, 1.82) is 0 Å². The molecule has 1 aliphatic rings. The van der Waals surface area contributed by atoms with Crippen LogP contribution in [0.2, 0.25) is 0 Å². The van der Waals surface area contributed by atoms with Gasteiger partial charge in [-0.25, -0.2) is 12.7 Å². The quantitative estimate of drug-likeness (QED) is 0.884. The maximum Gasteiger partial charge on any atom is 0.219 e. The molecule has 1 aliphatic heterocycles. The molecule has 1 aromatic rings. The van der Waals surface area contributed by atoms with Crippen molar-refractivity contribution in [3.05, 3.63) is 22.4 Å². The maximum atomic E-state index is 12.0. The van der Waals surface area contributed by atoms with Crippen LogP contribution in [0.1, 0.15) is 17.7 Å². The molecule has 0 radical (unpaired) electrons. The van der Waals surface area contributed by atoms with Gasteiger partial charge in [0, 0.05) is 18.0 Å². The zero-order valence-electron chi connectivity index (χ0n) is 8.87. The highest BCUT2D eigenvalue weighted by Crippen LogP contribution is 2.19. The van der Waals surface area contributed by atoms with E-state index in [1.807, 2.05) is 17.5 Å². The van der Waals surface area contributed by atoms with E-state index in [4.69, 9.17) is 0 Å². The molecule has 1 N–H and O–H groups in total. The van der Waals surface area contributed by atoms with Gasteiger partial charge in [0.05, 0.1) is 11.9 Å². The van der Waals surface area contributed by atoms with Gasteiger partial charge in [-0.05, 0) is 24.3 Å². The van der Waals surface area contributed by atoms with Gasteiger partial charge in [0.1, 0.15) is 0 Å². The summed E-state index contributed by atoms with van der Waals surface area (Å²) < 4.78 is 25.5. The van der Waals surface area contributed by atoms with Crippen LogP contribution in [0.25, 0.3) is 0 Å². The second kappa shape index (κ2) is 4.83. The smallest absolute Gasteiger partial charge is 0.219 e. The number of nitrogens with zero attached hydrogens (tertiary/aromatic N) is 1. The Hall–Kier alpha value is -0.430. The van der Waals surface area contributed by atoms with E-state index in [9.17, 15) is 13.5 Å². The van der Waals surface area contributed by atoms with Crippen LogP contribution in [0.15, 0.2) is 17.5 Å². The topological polar surface area (TPSA) is 57.6 Å². The van der Waals surface area contributed by atoms with Gasteiger partial charge in [-0.15, -0.1) is 11.3 Å². The average molecular weight is 261 g/mol. The molecule has 6 heteroatoms. The number of piperidine rings is 1. The summed E-state index contributed by atoms with van der Waals surface area (Å²) in [6.45, 7) is 0.879. The fraction of sp³-hybridized carbons (Fsp3) is 0.600. The first-order chi connectivity index (χ1) is 7.58. The predicted octanol–water partition coefficient (Wildman–Crippen LogP) is 1.03. The van der Waals surface area contributed by atoms with E-state index >= 15 is 0 Å². The third-order valence-corrected chi connectivity index (χ3v) is 5.61. The third-order valence-electron chi connectivity index (χ3n) is 2.72. The van der Waals surface area contributed by atoms with Gasteiger partial charge in [0.25, 0.3) is 0 Å².